The normalized spacial score (nSPS) is 13.0. The van der Waals surface area contributed by atoms with Crippen LogP contribution in [0.25, 0.3) is 120 Å². The predicted octanol–water partition coefficient (Wildman–Crippen LogP) is 13.8. The molecule has 0 spiro atoms. The molecule has 0 saturated heterocycles. The van der Waals surface area contributed by atoms with Gasteiger partial charge in [-0.1, -0.05) is 121 Å². The smallest absolute Gasteiger partial charge is 0.136 e. The zero-order valence-corrected chi connectivity index (χ0v) is 30.2. The molecule has 0 bridgehead atoms. The van der Waals surface area contributed by atoms with Crippen LogP contribution in [0.3, 0.4) is 0 Å². The van der Waals surface area contributed by atoms with Crippen molar-refractivity contribution in [2.45, 2.75) is 12.8 Å². The molecule has 0 unspecified atom stereocenters. The van der Waals surface area contributed by atoms with Gasteiger partial charge in [-0.2, -0.15) is 0 Å². The van der Waals surface area contributed by atoms with Crippen LogP contribution in [-0.2, 0) is 0 Å². The van der Waals surface area contributed by atoms with E-state index in [1.165, 1.54) is 96.3 Å². The molecule has 0 atom stereocenters. The standard InChI is InChI=1S/C52H32OS/c1-2-15-37-31(11-1)12-10-21-39(37)52-42-19-5-3-17-40(42)51(41-18-4-6-20-43(41)52)34-14-9-13-32(25-34)33-23-24-47-44(26-33)45-27-36-30-50-46(28-35(36)29-48(45)53-47)38-16-7-8-22-49(38)54-50/h1-3,5,7-30H,4,6H2. The van der Waals surface area contributed by atoms with Gasteiger partial charge in [-0.05, 0) is 138 Å². The lowest BCUT2D eigenvalue weighted by Gasteiger charge is -2.19. The Bertz CT molecular complexity index is 3500. The summed E-state index contributed by atoms with van der Waals surface area (Å²) in [5.41, 5.74) is 9.43. The van der Waals surface area contributed by atoms with Crippen molar-refractivity contribution in [3.63, 3.8) is 0 Å². The SMILES string of the molecule is C1=c2c(-c3cccc(-c4ccc5oc6cc7cc8c(cc7cc6c5c4)sc4ccccc48)c3)c3ccccc3c(-c3cccc4ccccc34)c2=CCC1. The van der Waals surface area contributed by atoms with E-state index in [0.717, 1.165) is 34.8 Å². The van der Waals surface area contributed by atoms with Gasteiger partial charge < -0.3 is 4.42 Å². The Balaban J connectivity index is 1.04. The lowest BCUT2D eigenvalue weighted by atomic mass is 9.84. The van der Waals surface area contributed by atoms with Gasteiger partial charge >= 0.3 is 0 Å². The maximum Gasteiger partial charge on any atom is 0.136 e. The highest BCUT2D eigenvalue weighted by Crippen LogP contribution is 2.41. The highest BCUT2D eigenvalue weighted by Gasteiger charge is 2.18. The molecule has 54 heavy (non-hydrogen) atoms. The molecule has 0 radical (unpaired) electrons. The Morgan fingerprint density at radius 3 is 1.91 bits per heavy atom. The van der Waals surface area contributed by atoms with Crippen molar-refractivity contribution in [2.24, 2.45) is 0 Å². The maximum atomic E-state index is 6.51. The van der Waals surface area contributed by atoms with E-state index in [0.29, 0.717) is 0 Å². The summed E-state index contributed by atoms with van der Waals surface area (Å²) in [5.74, 6) is 0. The first-order valence-electron chi connectivity index (χ1n) is 18.8. The molecule has 2 heterocycles. The minimum absolute atomic E-state index is 0.918. The van der Waals surface area contributed by atoms with Crippen molar-refractivity contribution < 1.29 is 4.42 Å². The summed E-state index contributed by atoms with van der Waals surface area (Å²) in [6.07, 6.45) is 7.03. The Kier molecular flexibility index (Phi) is 6.40. The first kappa shape index (κ1) is 30.0. The summed E-state index contributed by atoms with van der Waals surface area (Å²) in [7, 11) is 0. The zero-order chi connectivity index (χ0) is 35.3. The highest BCUT2D eigenvalue weighted by atomic mass is 32.1. The third-order valence-electron chi connectivity index (χ3n) is 11.6. The minimum atomic E-state index is 0.918. The molecule has 9 aromatic carbocycles. The van der Waals surface area contributed by atoms with Gasteiger partial charge in [-0.25, -0.2) is 0 Å². The van der Waals surface area contributed by atoms with Crippen molar-refractivity contribution >= 4 is 97.9 Å². The van der Waals surface area contributed by atoms with E-state index in [-0.39, 0.29) is 0 Å². The molecule has 0 N–H and O–H groups in total. The summed E-state index contributed by atoms with van der Waals surface area (Å²) >= 11 is 1.87. The summed E-state index contributed by atoms with van der Waals surface area (Å²) in [5, 5.41) is 15.2. The molecule has 2 aromatic heterocycles. The number of rotatable bonds is 3. The Hall–Kier alpha value is -6.48. The molecule has 1 aliphatic carbocycles. The van der Waals surface area contributed by atoms with Gasteiger partial charge in [0.05, 0.1) is 0 Å². The van der Waals surface area contributed by atoms with E-state index in [1.807, 2.05) is 11.3 Å². The topological polar surface area (TPSA) is 13.1 Å². The van der Waals surface area contributed by atoms with Gasteiger partial charge in [0.2, 0.25) is 0 Å². The molecule has 11 aromatic rings. The average Bonchev–Trinajstić information content (AvgIpc) is 3.77. The quantitative estimate of drug-likeness (QED) is 0.178. The molecule has 12 rings (SSSR count). The summed E-state index contributed by atoms with van der Waals surface area (Å²) < 4.78 is 9.16. The molecule has 0 saturated carbocycles. The van der Waals surface area contributed by atoms with Crippen LogP contribution in [0.5, 0.6) is 0 Å². The third kappa shape index (κ3) is 4.44. The van der Waals surface area contributed by atoms with E-state index in [1.54, 1.807) is 0 Å². The second-order valence-electron chi connectivity index (χ2n) is 14.7. The number of fused-ring (bicyclic) bond motifs is 10. The van der Waals surface area contributed by atoms with E-state index < -0.39 is 0 Å². The van der Waals surface area contributed by atoms with Crippen LogP contribution >= 0.6 is 11.3 Å². The number of furan rings is 1. The van der Waals surface area contributed by atoms with Crippen LogP contribution in [-0.4, -0.2) is 0 Å². The second-order valence-corrected chi connectivity index (χ2v) is 15.8. The number of benzene rings is 9. The Labute approximate surface area is 315 Å². The first-order valence-corrected chi connectivity index (χ1v) is 19.6. The molecule has 0 aliphatic heterocycles. The van der Waals surface area contributed by atoms with Crippen LogP contribution < -0.4 is 10.4 Å². The van der Waals surface area contributed by atoms with Gasteiger partial charge in [0.1, 0.15) is 11.2 Å². The average molecular weight is 705 g/mol. The van der Waals surface area contributed by atoms with Gasteiger partial charge in [0, 0.05) is 30.9 Å². The monoisotopic (exact) mass is 704 g/mol. The van der Waals surface area contributed by atoms with E-state index in [2.05, 4.69) is 170 Å². The molecule has 2 heteroatoms. The van der Waals surface area contributed by atoms with Crippen molar-refractivity contribution in [1.82, 2.24) is 0 Å². The van der Waals surface area contributed by atoms with Gasteiger partial charge in [-0.3, -0.25) is 0 Å². The molecular weight excluding hydrogens is 673 g/mol. The second kappa shape index (κ2) is 11.5. The van der Waals surface area contributed by atoms with Crippen LogP contribution in [0.2, 0.25) is 0 Å². The Morgan fingerprint density at radius 1 is 0.370 bits per heavy atom. The van der Waals surface area contributed by atoms with Gasteiger partial charge in [0.25, 0.3) is 0 Å². The van der Waals surface area contributed by atoms with E-state index in [4.69, 9.17) is 4.42 Å². The fourth-order valence-corrected chi connectivity index (χ4v) is 10.3. The minimum Gasteiger partial charge on any atom is -0.456 e. The summed E-state index contributed by atoms with van der Waals surface area (Å²) in [6, 6.07) is 58.3. The van der Waals surface area contributed by atoms with Crippen molar-refractivity contribution in [3.8, 4) is 33.4 Å². The van der Waals surface area contributed by atoms with Crippen LogP contribution in [0.15, 0.2) is 162 Å². The van der Waals surface area contributed by atoms with Crippen molar-refractivity contribution in [1.29, 1.82) is 0 Å². The van der Waals surface area contributed by atoms with Crippen LogP contribution in [0.4, 0.5) is 0 Å². The highest BCUT2D eigenvalue weighted by molar-refractivity contribution is 7.25. The van der Waals surface area contributed by atoms with E-state index in [9.17, 15) is 0 Å². The number of thiophene rings is 1. The lowest BCUT2D eigenvalue weighted by Crippen LogP contribution is -2.31. The first-order chi connectivity index (χ1) is 26.7. The summed E-state index contributed by atoms with van der Waals surface area (Å²) in [4.78, 5) is 0. The Morgan fingerprint density at radius 2 is 1.02 bits per heavy atom. The van der Waals surface area contributed by atoms with E-state index >= 15 is 0 Å². The third-order valence-corrected chi connectivity index (χ3v) is 12.8. The molecule has 1 nitrogen and oxygen atoms in total. The summed E-state index contributed by atoms with van der Waals surface area (Å²) in [6.45, 7) is 0. The fraction of sp³-hybridized carbons (Fsp3) is 0.0385. The fourth-order valence-electron chi connectivity index (χ4n) is 9.18. The van der Waals surface area contributed by atoms with Crippen molar-refractivity contribution in [2.75, 3.05) is 0 Å². The molecular formula is C52H32OS. The maximum absolute atomic E-state index is 6.51. The molecule has 252 valence electrons. The van der Waals surface area contributed by atoms with Crippen molar-refractivity contribution in [3.05, 3.63) is 168 Å². The number of hydrogen-bond donors (Lipinski definition) is 0. The van der Waals surface area contributed by atoms with Gasteiger partial charge in [0.15, 0.2) is 0 Å². The number of hydrogen-bond acceptors (Lipinski definition) is 2. The molecule has 0 fully saturated rings. The largest absolute Gasteiger partial charge is 0.456 e. The van der Waals surface area contributed by atoms with Crippen LogP contribution in [0.1, 0.15) is 12.8 Å². The molecule has 1 aliphatic rings. The zero-order valence-electron chi connectivity index (χ0n) is 29.4. The molecule has 0 amide bonds. The lowest BCUT2D eigenvalue weighted by molar-refractivity contribution is 0.669. The van der Waals surface area contributed by atoms with Gasteiger partial charge in [-0.15, -0.1) is 11.3 Å². The van der Waals surface area contributed by atoms with Crippen LogP contribution in [0, 0.1) is 0 Å². The predicted molar refractivity (Wildman–Crippen MR) is 233 cm³/mol.